The summed E-state index contributed by atoms with van der Waals surface area (Å²) in [5.41, 5.74) is 5.36. The minimum Gasteiger partial charge on any atom is -0.466 e. The van der Waals surface area contributed by atoms with E-state index in [9.17, 15) is 14.0 Å². The normalized spacial score (nSPS) is 9.89. The van der Waals surface area contributed by atoms with Gasteiger partial charge in [-0.3, -0.25) is 9.59 Å². The van der Waals surface area contributed by atoms with E-state index in [4.69, 9.17) is 5.73 Å². The molecule has 0 heterocycles. The standard InChI is InChI=1S/C12H15FN2O3/c1-2-18-10(16)6-7-15-12(17)11-8(13)4-3-5-9(11)14/h3-5H,2,6-7,14H2,1H3,(H,15,17). The zero-order valence-corrected chi connectivity index (χ0v) is 10.0. The van der Waals surface area contributed by atoms with Crippen LogP contribution in [0, 0.1) is 5.82 Å². The van der Waals surface area contributed by atoms with Gasteiger partial charge in [-0.1, -0.05) is 6.07 Å². The topological polar surface area (TPSA) is 81.4 Å². The lowest BCUT2D eigenvalue weighted by atomic mass is 10.1. The molecule has 0 saturated heterocycles. The van der Waals surface area contributed by atoms with Gasteiger partial charge in [-0.05, 0) is 19.1 Å². The maximum atomic E-state index is 13.4. The Morgan fingerprint density at radius 2 is 2.17 bits per heavy atom. The average Bonchev–Trinajstić information content (AvgIpc) is 2.29. The van der Waals surface area contributed by atoms with Gasteiger partial charge in [-0.15, -0.1) is 0 Å². The number of nitrogens with two attached hydrogens (primary N) is 1. The van der Waals surface area contributed by atoms with Crippen molar-refractivity contribution in [3.63, 3.8) is 0 Å². The minimum absolute atomic E-state index is 0.0357. The number of hydrogen-bond acceptors (Lipinski definition) is 4. The van der Waals surface area contributed by atoms with Gasteiger partial charge in [0.05, 0.1) is 18.6 Å². The third-order valence-electron chi connectivity index (χ3n) is 2.19. The second-order valence-corrected chi connectivity index (χ2v) is 3.51. The van der Waals surface area contributed by atoms with Gasteiger partial charge < -0.3 is 15.8 Å². The van der Waals surface area contributed by atoms with Crippen molar-refractivity contribution in [1.82, 2.24) is 5.32 Å². The van der Waals surface area contributed by atoms with Crippen LogP contribution in [0.1, 0.15) is 23.7 Å². The second-order valence-electron chi connectivity index (χ2n) is 3.51. The van der Waals surface area contributed by atoms with Gasteiger partial charge in [-0.25, -0.2) is 4.39 Å². The predicted molar refractivity (Wildman–Crippen MR) is 64.4 cm³/mol. The number of carbonyl (C=O) groups is 2. The van der Waals surface area contributed by atoms with Crippen molar-refractivity contribution in [3.05, 3.63) is 29.6 Å². The van der Waals surface area contributed by atoms with Gasteiger partial charge in [0.15, 0.2) is 0 Å². The molecular formula is C12H15FN2O3. The van der Waals surface area contributed by atoms with E-state index in [0.717, 1.165) is 6.07 Å². The van der Waals surface area contributed by atoms with Crippen molar-refractivity contribution in [3.8, 4) is 0 Å². The van der Waals surface area contributed by atoms with Crippen molar-refractivity contribution in [1.29, 1.82) is 0 Å². The van der Waals surface area contributed by atoms with E-state index < -0.39 is 17.7 Å². The minimum atomic E-state index is -0.691. The fraction of sp³-hybridized carbons (Fsp3) is 0.333. The lowest BCUT2D eigenvalue weighted by Crippen LogP contribution is -2.28. The van der Waals surface area contributed by atoms with Crippen molar-refractivity contribution in [2.75, 3.05) is 18.9 Å². The Morgan fingerprint density at radius 3 is 2.78 bits per heavy atom. The fourth-order valence-electron chi connectivity index (χ4n) is 1.38. The summed E-state index contributed by atoms with van der Waals surface area (Å²) in [5, 5.41) is 2.41. The third kappa shape index (κ3) is 3.73. The van der Waals surface area contributed by atoms with Gasteiger partial charge >= 0.3 is 5.97 Å². The number of nitrogen functional groups attached to an aromatic ring is 1. The zero-order chi connectivity index (χ0) is 13.5. The number of hydrogen-bond donors (Lipinski definition) is 2. The Morgan fingerprint density at radius 1 is 1.44 bits per heavy atom. The molecule has 0 aromatic heterocycles. The number of halogens is 1. The first-order chi connectivity index (χ1) is 8.56. The van der Waals surface area contributed by atoms with Gasteiger partial charge in [0.1, 0.15) is 5.82 Å². The number of carbonyl (C=O) groups excluding carboxylic acids is 2. The van der Waals surface area contributed by atoms with Crippen molar-refractivity contribution in [2.45, 2.75) is 13.3 Å². The Labute approximate surface area is 104 Å². The molecule has 18 heavy (non-hydrogen) atoms. The molecule has 0 aliphatic heterocycles. The van der Waals surface area contributed by atoms with Crippen LogP contribution >= 0.6 is 0 Å². The molecule has 3 N–H and O–H groups in total. The van der Waals surface area contributed by atoms with Crippen LogP contribution in [0.25, 0.3) is 0 Å². The average molecular weight is 254 g/mol. The van der Waals surface area contributed by atoms with Gasteiger partial charge in [0.2, 0.25) is 0 Å². The van der Waals surface area contributed by atoms with Crippen molar-refractivity contribution in [2.24, 2.45) is 0 Å². The summed E-state index contributed by atoms with van der Waals surface area (Å²) in [6, 6.07) is 4.00. The molecule has 0 aliphatic carbocycles. The number of anilines is 1. The summed E-state index contributed by atoms with van der Waals surface area (Å²) < 4.78 is 18.1. The number of amides is 1. The van der Waals surface area contributed by atoms with Crippen molar-refractivity contribution < 1.29 is 18.7 Å². The molecule has 0 bridgehead atoms. The molecule has 0 atom stereocenters. The molecule has 1 rings (SSSR count). The van der Waals surface area contributed by atoms with Crippen LogP contribution in [0.2, 0.25) is 0 Å². The summed E-state index contributed by atoms with van der Waals surface area (Å²) in [4.78, 5) is 22.7. The smallest absolute Gasteiger partial charge is 0.307 e. The number of esters is 1. The molecule has 0 saturated carbocycles. The van der Waals surface area contributed by atoms with E-state index in [1.165, 1.54) is 12.1 Å². The Bertz CT molecular complexity index is 429. The lowest BCUT2D eigenvalue weighted by Gasteiger charge is -2.08. The van der Waals surface area contributed by atoms with Crippen LogP contribution in [0.5, 0.6) is 0 Å². The van der Waals surface area contributed by atoms with Crippen LogP contribution < -0.4 is 11.1 Å². The van der Waals surface area contributed by atoms with E-state index >= 15 is 0 Å². The Balaban J connectivity index is 2.53. The molecule has 6 heteroatoms. The number of benzene rings is 1. The summed E-state index contributed by atoms with van der Waals surface area (Å²) in [6.45, 7) is 2.05. The maximum absolute atomic E-state index is 13.4. The monoisotopic (exact) mass is 254 g/mol. The first kappa shape index (κ1) is 14.0. The van der Waals surface area contributed by atoms with Crippen molar-refractivity contribution >= 4 is 17.6 Å². The molecule has 1 aromatic rings. The third-order valence-corrected chi connectivity index (χ3v) is 2.19. The molecule has 1 aromatic carbocycles. The zero-order valence-electron chi connectivity index (χ0n) is 10.0. The van der Waals surface area contributed by atoms with Crippen LogP contribution in [0.3, 0.4) is 0 Å². The van der Waals surface area contributed by atoms with Gasteiger partial charge in [-0.2, -0.15) is 0 Å². The number of rotatable bonds is 5. The second kappa shape index (κ2) is 6.58. The summed E-state index contributed by atoms with van der Waals surface area (Å²) in [5.74, 6) is -1.75. The van der Waals surface area contributed by atoms with Gasteiger partial charge in [0, 0.05) is 12.2 Å². The molecule has 0 unspecified atom stereocenters. The molecule has 98 valence electrons. The summed E-state index contributed by atoms with van der Waals surface area (Å²) in [6.07, 6.45) is 0.0357. The number of nitrogens with one attached hydrogen (secondary N) is 1. The number of ether oxygens (including phenoxy) is 1. The molecular weight excluding hydrogens is 239 g/mol. The fourth-order valence-corrected chi connectivity index (χ4v) is 1.38. The summed E-state index contributed by atoms with van der Waals surface area (Å²) in [7, 11) is 0. The van der Waals surface area contributed by atoms with Crippen LogP contribution in [0.15, 0.2) is 18.2 Å². The largest absolute Gasteiger partial charge is 0.466 e. The van der Waals surface area contributed by atoms with Crippen LogP contribution in [-0.4, -0.2) is 25.0 Å². The predicted octanol–water partition coefficient (Wildman–Crippen LogP) is 1.09. The molecule has 0 aliphatic rings. The van der Waals surface area contributed by atoms with E-state index in [1.807, 2.05) is 0 Å². The van der Waals surface area contributed by atoms with Crippen LogP contribution in [0.4, 0.5) is 10.1 Å². The Hall–Kier alpha value is -2.11. The molecule has 0 spiro atoms. The van der Waals surface area contributed by atoms with E-state index in [2.05, 4.69) is 10.1 Å². The first-order valence-corrected chi connectivity index (χ1v) is 5.54. The SMILES string of the molecule is CCOC(=O)CCNC(=O)c1c(N)cccc1F. The van der Waals surface area contributed by atoms with E-state index in [-0.39, 0.29) is 30.8 Å². The van der Waals surface area contributed by atoms with Crippen LogP contribution in [-0.2, 0) is 9.53 Å². The highest BCUT2D eigenvalue weighted by atomic mass is 19.1. The highest BCUT2D eigenvalue weighted by molar-refractivity contribution is 5.99. The van der Waals surface area contributed by atoms with Gasteiger partial charge in [0.25, 0.3) is 5.91 Å². The summed E-state index contributed by atoms with van der Waals surface area (Å²) >= 11 is 0. The lowest BCUT2D eigenvalue weighted by molar-refractivity contribution is -0.142. The van der Waals surface area contributed by atoms with E-state index in [0.29, 0.717) is 0 Å². The molecule has 0 radical (unpaired) electrons. The molecule has 0 fully saturated rings. The first-order valence-electron chi connectivity index (χ1n) is 5.54. The quantitative estimate of drug-likeness (QED) is 0.608. The maximum Gasteiger partial charge on any atom is 0.307 e. The molecule has 1 amide bonds. The Kier molecular flexibility index (Phi) is 5.10. The highest BCUT2D eigenvalue weighted by Gasteiger charge is 2.14. The van der Waals surface area contributed by atoms with E-state index in [1.54, 1.807) is 6.92 Å². The highest BCUT2D eigenvalue weighted by Crippen LogP contribution is 2.15. The molecule has 5 nitrogen and oxygen atoms in total.